The maximum atomic E-state index is 8.07. The molecule has 2 rings (SSSR count). The summed E-state index contributed by atoms with van der Waals surface area (Å²) in [6, 6.07) is 5.92. The van der Waals surface area contributed by atoms with Crippen molar-refractivity contribution in [2.75, 3.05) is 0 Å². The van der Waals surface area contributed by atoms with Crippen LogP contribution >= 0.6 is 0 Å². The van der Waals surface area contributed by atoms with Crippen molar-refractivity contribution in [1.29, 1.82) is 5.41 Å². The molecule has 0 bridgehead atoms. The van der Waals surface area contributed by atoms with Gasteiger partial charge in [0.05, 0.1) is 0 Å². The van der Waals surface area contributed by atoms with E-state index in [9.17, 15) is 0 Å². The number of hydrogen-bond donors (Lipinski definition) is 1. The normalized spacial score (nSPS) is 12.8. The number of oxazole rings is 1. The Hall–Kier alpha value is -1.64. The lowest BCUT2D eigenvalue weighted by Crippen LogP contribution is -2.10. The lowest BCUT2D eigenvalue weighted by atomic mass is 9.89. The van der Waals surface area contributed by atoms with Gasteiger partial charge in [-0.3, -0.25) is 0 Å². The van der Waals surface area contributed by atoms with E-state index in [1.54, 1.807) is 0 Å². The Labute approximate surface area is 101 Å². The van der Waals surface area contributed by atoms with Gasteiger partial charge < -0.3 is 9.83 Å². The Morgan fingerprint density at radius 2 is 2.35 bits per heavy atom. The molecule has 3 nitrogen and oxygen atoms in total. The van der Waals surface area contributed by atoms with Crippen LogP contribution < -0.4 is 0 Å². The van der Waals surface area contributed by atoms with Gasteiger partial charge in [-0.2, -0.15) is 0 Å². The zero-order valence-electron chi connectivity index (χ0n) is 10.1. The summed E-state index contributed by atoms with van der Waals surface area (Å²) >= 11 is 0. The molecule has 2 aromatic rings. The first-order valence-electron chi connectivity index (χ1n) is 5.96. The van der Waals surface area contributed by atoms with Crippen LogP contribution in [-0.2, 0) is 0 Å². The van der Waals surface area contributed by atoms with Gasteiger partial charge in [0.2, 0.25) is 0 Å². The number of nitrogens with zero attached hydrogens (tertiary/aromatic N) is 1. The maximum Gasteiger partial charge on any atom is 0.181 e. The van der Waals surface area contributed by atoms with Crippen LogP contribution in [0.4, 0.5) is 0 Å². The van der Waals surface area contributed by atoms with Gasteiger partial charge in [0.15, 0.2) is 12.0 Å². The molecule has 0 saturated heterocycles. The molecule has 3 heteroatoms. The topological polar surface area (TPSA) is 49.9 Å². The fraction of sp³-hybridized carbons (Fsp3) is 0.357. The minimum absolute atomic E-state index is 0.107. The lowest BCUT2D eigenvalue weighted by molar-refractivity contribution is 0.602. The first-order chi connectivity index (χ1) is 8.26. The molecule has 1 aromatic heterocycles. The van der Waals surface area contributed by atoms with E-state index in [1.807, 2.05) is 18.2 Å². The summed E-state index contributed by atoms with van der Waals surface area (Å²) in [6.45, 7) is 6.04. The van der Waals surface area contributed by atoms with Gasteiger partial charge in [-0.05, 0) is 30.5 Å². The fourth-order valence-corrected chi connectivity index (χ4v) is 2.08. The molecular formula is C14H17N2O. The summed E-state index contributed by atoms with van der Waals surface area (Å²) < 4.78 is 5.21. The Bertz CT molecular complexity index is 516. The van der Waals surface area contributed by atoms with Crippen LogP contribution in [0.25, 0.3) is 11.1 Å². The summed E-state index contributed by atoms with van der Waals surface area (Å²) in [7, 11) is 0. The van der Waals surface area contributed by atoms with Gasteiger partial charge in [-0.15, -0.1) is 0 Å². The number of fused-ring (bicyclic) bond motifs is 1. The highest BCUT2D eigenvalue weighted by atomic mass is 16.3. The first kappa shape index (κ1) is 11.8. The van der Waals surface area contributed by atoms with Crippen LogP contribution in [0.3, 0.4) is 0 Å². The summed E-state index contributed by atoms with van der Waals surface area (Å²) in [6.07, 6.45) is 3.99. The lowest BCUT2D eigenvalue weighted by Gasteiger charge is -2.16. The maximum absolute atomic E-state index is 8.07. The Morgan fingerprint density at radius 1 is 1.53 bits per heavy atom. The van der Waals surface area contributed by atoms with Crippen molar-refractivity contribution in [1.82, 2.24) is 4.98 Å². The van der Waals surface area contributed by atoms with Crippen molar-refractivity contribution < 1.29 is 4.42 Å². The highest BCUT2D eigenvalue weighted by Crippen LogP contribution is 2.25. The molecule has 1 aromatic carbocycles. The van der Waals surface area contributed by atoms with Crippen LogP contribution in [0.15, 0.2) is 29.0 Å². The van der Waals surface area contributed by atoms with E-state index in [1.165, 1.54) is 6.39 Å². The van der Waals surface area contributed by atoms with Gasteiger partial charge >= 0.3 is 0 Å². The third kappa shape index (κ3) is 2.38. The second kappa shape index (κ2) is 5.13. The molecule has 0 aliphatic heterocycles. The van der Waals surface area contributed by atoms with Crippen LogP contribution in [0.1, 0.15) is 37.7 Å². The van der Waals surface area contributed by atoms with Crippen LogP contribution in [0.5, 0.6) is 0 Å². The van der Waals surface area contributed by atoms with E-state index in [0.717, 1.165) is 35.2 Å². The predicted molar refractivity (Wildman–Crippen MR) is 69.4 cm³/mol. The van der Waals surface area contributed by atoms with Crippen LogP contribution in [-0.4, -0.2) is 10.7 Å². The predicted octanol–water partition coefficient (Wildman–Crippen LogP) is 3.96. The average molecular weight is 229 g/mol. The van der Waals surface area contributed by atoms with E-state index < -0.39 is 0 Å². The van der Waals surface area contributed by atoms with Gasteiger partial charge in [-0.1, -0.05) is 26.3 Å². The molecule has 17 heavy (non-hydrogen) atoms. The molecule has 1 atom stereocenters. The molecule has 1 radical (unpaired) electrons. The minimum Gasteiger partial charge on any atom is -0.443 e. The van der Waals surface area contributed by atoms with Crippen molar-refractivity contribution >= 4 is 16.8 Å². The molecule has 1 N–H and O–H groups in total. The highest BCUT2D eigenvalue weighted by molar-refractivity contribution is 5.89. The molecule has 0 spiro atoms. The third-order valence-electron chi connectivity index (χ3n) is 2.99. The van der Waals surface area contributed by atoms with Crippen LogP contribution in [0.2, 0.25) is 0 Å². The van der Waals surface area contributed by atoms with Gasteiger partial charge in [0.25, 0.3) is 0 Å². The average Bonchev–Trinajstić information content (AvgIpc) is 2.77. The SMILES string of the molecule is [CH2]CC(C(=N)CCC)c1ccc2ocnc2c1. The molecule has 89 valence electrons. The first-order valence-corrected chi connectivity index (χ1v) is 5.96. The number of nitrogens with one attached hydrogen (secondary N) is 1. The molecular weight excluding hydrogens is 212 g/mol. The van der Waals surface area contributed by atoms with Gasteiger partial charge in [0.1, 0.15) is 5.52 Å². The zero-order chi connectivity index (χ0) is 12.3. The number of benzene rings is 1. The molecule has 1 heterocycles. The molecule has 1 unspecified atom stereocenters. The van der Waals surface area contributed by atoms with Crippen molar-refractivity contribution in [2.24, 2.45) is 0 Å². The molecule has 0 aliphatic rings. The number of aromatic nitrogens is 1. The molecule has 0 fully saturated rings. The molecule has 0 amide bonds. The molecule has 0 aliphatic carbocycles. The van der Waals surface area contributed by atoms with Gasteiger partial charge in [-0.25, -0.2) is 4.98 Å². The minimum atomic E-state index is 0.107. The zero-order valence-corrected chi connectivity index (χ0v) is 10.1. The van der Waals surface area contributed by atoms with Crippen molar-refractivity contribution in [3.63, 3.8) is 0 Å². The third-order valence-corrected chi connectivity index (χ3v) is 2.99. The fourth-order valence-electron chi connectivity index (χ4n) is 2.08. The van der Waals surface area contributed by atoms with E-state index >= 15 is 0 Å². The largest absolute Gasteiger partial charge is 0.443 e. The van der Waals surface area contributed by atoms with Crippen molar-refractivity contribution in [2.45, 2.75) is 32.1 Å². The Morgan fingerprint density at radius 3 is 3.06 bits per heavy atom. The van der Waals surface area contributed by atoms with Gasteiger partial charge in [0, 0.05) is 11.6 Å². The summed E-state index contributed by atoms with van der Waals surface area (Å²) in [5.41, 5.74) is 3.51. The summed E-state index contributed by atoms with van der Waals surface area (Å²) in [5.74, 6) is 0.107. The number of rotatable bonds is 5. The number of hydrogen-bond acceptors (Lipinski definition) is 3. The van der Waals surface area contributed by atoms with E-state index in [-0.39, 0.29) is 5.92 Å². The monoisotopic (exact) mass is 229 g/mol. The second-order valence-electron chi connectivity index (χ2n) is 4.20. The smallest absolute Gasteiger partial charge is 0.181 e. The Kier molecular flexibility index (Phi) is 3.57. The van der Waals surface area contributed by atoms with Crippen molar-refractivity contribution in [3.8, 4) is 0 Å². The Balaban J connectivity index is 2.32. The second-order valence-corrected chi connectivity index (χ2v) is 4.20. The highest BCUT2D eigenvalue weighted by Gasteiger charge is 2.15. The van der Waals surface area contributed by atoms with E-state index in [2.05, 4.69) is 18.8 Å². The van der Waals surface area contributed by atoms with Crippen LogP contribution in [0, 0.1) is 12.3 Å². The molecule has 0 saturated carbocycles. The van der Waals surface area contributed by atoms with Crippen molar-refractivity contribution in [3.05, 3.63) is 37.1 Å². The standard InChI is InChI=1S/C14H17N2O/c1-3-5-12(15)11(4-2)10-6-7-14-13(8-10)16-9-17-14/h6-9,11,15H,2-5H2,1H3. The quantitative estimate of drug-likeness (QED) is 0.789. The van der Waals surface area contributed by atoms with E-state index in [0.29, 0.717) is 6.42 Å². The van der Waals surface area contributed by atoms with E-state index in [4.69, 9.17) is 9.83 Å². The summed E-state index contributed by atoms with van der Waals surface area (Å²) in [5, 5.41) is 8.07. The summed E-state index contributed by atoms with van der Waals surface area (Å²) in [4.78, 5) is 4.14.